The molecule has 0 bridgehead atoms. The average molecular weight is 783 g/mol. The lowest BCUT2D eigenvalue weighted by Crippen LogP contribution is -2.60. The largest absolute Gasteiger partial charge is 0.394 e. The van der Waals surface area contributed by atoms with Gasteiger partial charge in [0.1, 0.15) is 61.0 Å². The van der Waals surface area contributed by atoms with E-state index in [0.29, 0.717) is 13.2 Å². The number of rotatable bonds is 33. The van der Waals surface area contributed by atoms with Crippen LogP contribution in [0.2, 0.25) is 0 Å². The van der Waals surface area contributed by atoms with Crippen molar-refractivity contribution in [3.63, 3.8) is 0 Å². The zero-order valence-electron chi connectivity index (χ0n) is 33.3. The van der Waals surface area contributed by atoms with Crippen LogP contribution in [-0.4, -0.2) is 154 Å². The molecule has 0 aliphatic carbocycles. The standard InChI is InChI=1S/C40H78O14/c1-3-5-7-9-11-13-15-17-19-21-23-49-31(27-51-39-37(47)35(45)33(43)29(25-41)53-39)32(50-24-22-20-18-16-14-12-10-8-6-4-2)28-52-40-38(48)36(46)34(44)30(26-42)54-40/h29-48H,3-28H2,1-2H3/t29-,30-,31-,32-,33-,34-,35+,36+,37-,38-,39-,40-/m1/s1. The second kappa shape index (κ2) is 30.5. The fourth-order valence-corrected chi connectivity index (χ4v) is 6.96. The Morgan fingerprint density at radius 1 is 0.407 bits per heavy atom. The van der Waals surface area contributed by atoms with E-state index >= 15 is 0 Å². The molecule has 0 unspecified atom stereocenters. The highest BCUT2D eigenvalue weighted by Gasteiger charge is 2.46. The molecule has 2 heterocycles. The molecule has 2 aliphatic heterocycles. The molecule has 14 heteroatoms. The van der Waals surface area contributed by atoms with Crippen molar-refractivity contribution in [2.45, 2.75) is 216 Å². The predicted molar refractivity (Wildman–Crippen MR) is 203 cm³/mol. The maximum atomic E-state index is 10.6. The first-order valence-electron chi connectivity index (χ1n) is 21.3. The van der Waals surface area contributed by atoms with Gasteiger partial charge in [-0.1, -0.05) is 129 Å². The number of aliphatic hydroxyl groups excluding tert-OH is 8. The highest BCUT2D eigenvalue weighted by molar-refractivity contribution is 4.90. The van der Waals surface area contributed by atoms with Gasteiger partial charge in [0, 0.05) is 13.2 Å². The molecule has 0 amide bonds. The topological polar surface area (TPSA) is 217 Å². The number of aliphatic hydroxyl groups is 8. The average Bonchev–Trinajstić information content (AvgIpc) is 3.17. The summed E-state index contributed by atoms with van der Waals surface area (Å²) in [4.78, 5) is 0. The zero-order chi connectivity index (χ0) is 39.6. The van der Waals surface area contributed by atoms with Crippen LogP contribution in [0.1, 0.15) is 142 Å². The maximum absolute atomic E-state index is 10.6. The van der Waals surface area contributed by atoms with Crippen LogP contribution in [0.25, 0.3) is 0 Å². The minimum Gasteiger partial charge on any atom is -0.394 e. The van der Waals surface area contributed by atoms with E-state index in [0.717, 1.165) is 51.4 Å². The van der Waals surface area contributed by atoms with Crippen molar-refractivity contribution in [1.82, 2.24) is 0 Å². The molecule has 0 aromatic carbocycles. The molecule has 12 atom stereocenters. The van der Waals surface area contributed by atoms with Crippen LogP contribution in [0.5, 0.6) is 0 Å². The van der Waals surface area contributed by atoms with Crippen LogP contribution in [0.4, 0.5) is 0 Å². The molecule has 54 heavy (non-hydrogen) atoms. The van der Waals surface area contributed by atoms with Gasteiger partial charge in [-0.2, -0.15) is 0 Å². The van der Waals surface area contributed by atoms with E-state index in [4.69, 9.17) is 28.4 Å². The van der Waals surface area contributed by atoms with Gasteiger partial charge in [0.2, 0.25) is 0 Å². The van der Waals surface area contributed by atoms with Crippen LogP contribution < -0.4 is 0 Å². The minimum atomic E-state index is -1.61. The highest BCUT2D eigenvalue weighted by atomic mass is 16.7. The maximum Gasteiger partial charge on any atom is 0.186 e. The van der Waals surface area contributed by atoms with E-state index in [1.165, 1.54) is 77.0 Å². The Hall–Kier alpha value is -0.560. The van der Waals surface area contributed by atoms with Crippen molar-refractivity contribution >= 4 is 0 Å². The molecule has 14 nitrogen and oxygen atoms in total. The van der Waals surface area contributed by atoms with Gasteiger partial charge < -0.3 is 69.3 Å². The molecule has 8 N–H and O–H groups in total. The van der Waals surface area contributed by atoms with Crippen molar-refractivity contribution < 1.29 is 69.3 Å². The quantitative estimate of drug-likeness (QED) is 0.0449. The summed E-state index contributed by atoms with van der Waals surface area (Å²) in [6.07, 6.45) is 7.03. The SMILES string of the molecule is CCCCCCCCCCCCO[C@H](CO[C@@H]1O[C@H](CO)[C@@H](O)[C@H](O)[C@H]1O)[C@@H](CO[C@@H]1O[C@H](CO)[C@@H](O)[C@H](O)[C@H]1O)OCCCCCCCCCCCC. The molecule has 0 spiro atoms. The zero-order valence-corrected chi connectivity index (χ0v) is 33.3. The van der Waals surface area contributed by atoms with E-state index in [-0.39, 0.29) is 13.2 Å². The van der Waals surface area contributed by atoms with Gasteiger partial charge >= 0.3 is 0 Å². The van der Waals surface area contributed by atoms with Gasteiger partial charge in [-0.15, -0.1) is 0 Å². The van der Waals surface area contributed by atoms with Crippen molar-refractivity contribution in [3.8, 4) is 0 Å². The first kappa shape index (κ1) is 49.6. The Bertz CT molecular complexity index is 800. The van der Waals surface area contributed by atoms with Crippen molar-refractivity contribution in [2.24, 2.45) is 0 Å². The number of unbranched alkanes of at least 4 members (excludes halogenated alkanes) is 18. The summed E-state index contributed by atoms with van der Waals surface area (Å²) < 4.78 is 35.7. The summed E-state index contributed by atoms with van der Waals surface area (Å²) in [5, 5.41) is 81.7. The Labute approximate surface area is 324 Å². The summed E-state index contributed by atoms with van der Waals surface area (Å²) in [6.45, 7) is 3.63. The van der Waals surface area contributed by atoms with Crippen molar-refractivity contribution in [2.75, 3.05) is 39.6 Å². The molecule has 0 radical (unpaired) electrons. The molecule has 322 valence electrons. The summed E-state index contributed by atoms with van der Waals surface area (Å²) in [6, 6.07) is 0. The van der Waals surface area contributed by atoms with Gasteiger partial charge in [-0.05, 0) is 12.8 Å². The molecule has 0 saturated carbocycles. The van der Waals surface area contributed by atoms with E-state index in [1.807, 2.05) is 0 Å². The third-order valence-electron chi connectivity index (χ3n) is 10.6. The Balaban J connectivity index is 2.06. The van der Waals surface area contributed by atoms with E-state index < -0.39 is 86.8 Å². The monoisotopic (exact) mass is 783 g/mol. The summed E-state index contributed by atoms with van der Waals surface area (Å²) in [5.74, 6) is 0. The Morgan fingerprint density at radius 3 is 1.00 bits per heavy atom. The highest BCUT2D eigenvalue weighted by Crippen LogP contribution is 2.25. The summed E-state index contributed by atoms with van der Waals surface area (Å²) in [7, 11) is 0. The number of ether oxygens (including phenoxy) is 6. The number of hydrogen-bond donors (Lipinski definition) is 8. The van der Waals surface area contributed by atoms with Crippen LogP contribution in [0.3, 0.4) is 0 Å². The molecule has 0 aromatic heterocycles. The van der Waals surface area contributed by atoms with E-state index in [2.05, 4.69) is 13.8 Å². The van der Waals surface area contributed by atoms with Gasteiger partial charge in [0.05, 0.1) is 26.4 Å². The van der Waals surface area contributed by atoms with Crippen LogP contribution in [-0.2, 0) is 28.4 Å². The van der Waals surface area contributed by atoms with Gasteiger partial charge in [0.25, 0.3) is 0 Å². The lowest BCUT2D eigenvalue weighted by molar-refractivity contribution is -0.315. The summed E-state index contributed by atoms with van der Waals surface area (Å²) in [5.41, 5.74) is 0. The lowest BCUT2D eigenvalue weighted by Gasteiger charge is -2.41. The first-order chi connectivity index (χ1) is 26.2. The van der Waals surface area contributed by atoms with E-state index in [1.54, 1.807) is 0 Å². The fourth-order valence-electron chi connectivity index (χ4n) is 6.96. The normalized spacial score (nSPS) is 30.1. The fraction of sp³-hybridized carbons (Fsp3) is 1.00. The smallest absolute Gasteiger partial charge is 0.186 e. The van der Waals surface area contributed by atoms with Crippen LogP contribution in [0, 0.1) is 0 Å². The van der Waals surface area contributed by atoms with Crippen LogP contribution in [0.15, 0.2) is 0 Å². The van der Waals surface area contributed by atoms with Gasteiger partial charge in [-0.25, -0.2) is 0 Å². The van der Waals surface area contributed by atoms with Gasteiger partial charge in [-0.3, -0.25) is 0 Å². The first-order valence-corrected chi connectivity index (χ1v) is 21.3. The lowest BCUT2D eigenvalue weighted by atomic mass is 9.99. The van der Waals surface area contributed by atoms with Crippen molar-refractivity contribution in [3.05, 3.63) is 0 Å². The molecule has 2 aliphatic rings. The van der Waals surface area contributed by atoms with Crippen molar-refractivity contribution in [1.29, 1.82) is 0 Å². The predicted octanol–water partition coefficient (Wildman–Crippen LogP) is 3.23. The molecule has 0 aromatic rings. The molecular formula is C40H78O14. The van der Waals surface area contributed by atoms with Gasteiger partial charge in [0.15, 0.2) is 12.6 Å². The second-order valence-electron chi connectivity index (χ2n) is 15.2. The summed E-state index contributed by atoms with van der Waals surface area (Å²) >= 11 is 0. The van der Waals surface area contributed by atoms with E-state index in [9.17, 15) is 40.9 Å². The second-order valence-corrected chi connectivity index (χ2v) is 15.2. The Kier molecular flexibility index (Phi) is 28.0. The molecule has 2 fully saturated rings. The molecular weight excluding hydrogens is 704 g/mol. The Morgan fingerprint density at radius 2 is 0.704 bits per heavy atom. The third-order valence-corrected chi connectivity index (χ3v) is 10.6. The molecule has 2 rings (SSSR count). The van der Waals surface area contributed by atoms with Crippen LogP contribution >= 0.6 is 0 Å². The molecule has 2 saturated heterocycles. The third kappa shape index (κ3) is 18.8. The minimum absolute atomic E-state index is 0.179. The number of hydrogen-bond acceptors (Lipinski definition) is 14.